The summed E-state index contributed by atoms with van der Waals surface area (Å²) in [4.78, 5) is 0. The van der Waals surface area contributed by atoms with Gasteiger partial charge in [0.05, 0.1) is 0 Å². The van der Waals surface area contributed by atoms with Crippen LogP contribution in [0.2, 0.25) is 0 Å². The zero-order valence-corrected chi connectivity index (χ0v) is 39.5. The Labute approximate surface area is 385 Å². The molecule has 1 heteroatoms. The third-order valence-corrected chi connectivity index (χ3v) is 13.9. The average molecular weight is 842 g/mol. The number of aromatic nitrogens is 1. The van der Waals surface area contributed by atoms with Crippen molar-refractivity contribution in [1.82, 2.24) is 4.57 Å². The van der Waals surface area contributed by atoms with Crippen molar-refractivity contribution in [3.05, 3.63) is 199 Å². The molecule has 1 heterocycles. The molecule has 10 aromatic rings. The molecule has 65 heavy (non-hydrogen) atoms. The molecule has 0 N–H and O–H groups in total. The molecule has 1 aromatic heterocycles. The van der Waals surface area contributed by atoms with Crippen molar-refractivity contribution in [3.8, 4) is 55.6 Å². The molecule has 0 aliphatic heterocycles. The molecule has 0 amide bonds. The maximum Gasteiger partial charge on any atom is 0.0491 e. The van der Waals surface area contributed by atoms with Crippen LogP contribution in [0.4, 0.5) is 0 Å². The summed E-state index contributed by atoms with van der Waals surface area (Å²) in [5.41, 5.74) is 20.3. The van der Waals surface area contributed by atoms with E-state index >= 15 is 0 Å². The smallest absolute Gasteiger partial charge is 0.0491 e. The van der Waals surface area contributed by atoms with E-state index in [-0.39, 0.29) is 10.8 Å². The Morgan fingerprint density at radius 3 is 1.31 bits per heavy atom. The summed E-state index contributed by atoms with van der Waals surface area (Å²) in [6.45, 7) is 21.4. The highest BCUT2D eigenvalue weighted by Crippen LogP contribution is 2.46. The summed E-state index contributed by atoms with van der Waals surface area (Å²) < 4.78 is 2.46. The molecule has 0 unspecified atom stereocenters. The van der Waals surface area contributed by atoms with Gasteiger partial charge in [0.1, 0.15) is 0 Å². The molecule has 0 radical (unpaired) electrons. The van der Waals surface area contributed by atoms with Gasteiger partial charge in [-0.2, -0.15) is 0 Å². The maximum atomic E-state index is 2.47. The summed E-state index contributed by atoms with van der Waals surface area (Å²) in [5, 5.41) is 7.74. The third-order valence-electron chi connectivity index (χ3n) is 13.9. The third kappa shape index (κ3) is 7.57. The first kappa shape index (κ1) is 42.0. The molecule has 0 fully saturated rings. The van der Waals surface area contributed by atoms with Gasteiger partial charge in [-0.05, 0) is 167 Å². The molecule has 0 bridgehead atoms. The molecule has 1 nitrogen and oxygen atoms in total. The number of allylic oxidation sites excluding steroid dienone is 2. The second kappa shape index (κ2) is 16.2. The van der Waals surface area contributed by atoms with Gasteiger partial charge in [0, 0.05) is 28.4 Å². The predicted molar refractivity (Wildman–Crippen MR) is 284 cm³/mol. The number of rotatable bonds is 7. The lowest BCUT2D eigenvalue weighted by Crippen LogP contribution is -2.10. The lowest BCUT2D eigenvalue weighted by atomic mass is 9.80. The van der Waals surface area contributed by atoms with Crippen LogP contribution in [0.25, 0.3) is 105 Å². The molecular formula is C64H59N. The molecule has 0 atom stereocenters. The Kier molecular flexibility index (Phi) is 10.5. The highest BCUT2D eigenvalue weighted by Gasteiger charge is 2.22. The highest BCUT2D eigenvalue weighted by molar-refractivity contribution is 6.22. The van der Waals surface area contributed by atoms with Crippen molar-refractivity contribution in [3.63, 3.8) is 0 Å². The van der Waals surface area contributed by atoms with E-state index < -0.39 is 0 Å². The lowest BCUT2D eigenvalue weighted by Gasteiger charge is -2.23. The number of hydrogen-bond donors (Lipinski definition) is 0. The highest BCUT2D eigenvalue weighted by atomic mass is 15.0. The largest absolute Gasteiger partial charge is 0.341 e. The Hall–Kier alpha value is -6.96. The van der Waals surface area contributed by atoms with Crippen LogP contribution in [-0.2, 0) is 17.4 Å². The first-order valence-corrected chi connectivity index (χ1v) is 23.4. The Bertz CT molecular complexity index is 3440. The molecule has 9 aromatic carbocycles. The number of benzene rings is 9. The van der Waals surface area contributed by atoms with Crippen molar-refractivity contribution in [2.24, 2.45) is 0 Å². The standard InChI is InChI=1S/C64H59N/c1-10-41(3)49-29-33-53-57(37-49)61(47-27-23-46(24-28-47)50-30-35-59-55(38-50)56-39-52(64(7,8)9)32-36-60(56)65(59)11-2)54-34-31-51(63(4,5)6)40-58(54)62(53)48-25-21-45(22-26-48)44-19-17-43(18-20-44)42-15-13-12-14-16-42/h10,12-40H,11H2,1-9H3/b41-10-. The number of aryl methyl sites for hydroxylation is 1. The minimum Gasteiger partial charge on any atom is -0.341 e. The number of fused-ring (bicyclic) bond motifs is 5. The zero-order chi connectivity index (χ0) is 45.2. The second-order valence-electron chi connectivity index (χ2n) is 20.0. The normalized spacial score (nSPS) is 12.5. The average Bonchev–Trinajstić information content (AvgIpc) is 3.65. The van der Waals surface area contributed by atoms with Crippen LogP contribution in [-0.4, -0.2) is 4.57 Å². The van der Waals surface area contributed by atoms with Gasteiger partial charge in [0.15, 0.2) is 0 Å². The molecule has 0 aliphatic rings. The maximum absolute atomic E-state index is 2.47. The molecule has 0 saturated heterocycles. The van der Waals surface area contributed by atoms with Crippen LogP contribution < -0.4 is 0 Å². The van der Waals surface area contributed by atoms with Gasteiger partial charge in [0.2, 0.25) is 0 Å². The van der Waals surface area contributed by atoms with E-state index in [1.54, 1.807) is 0 Å². The number of hydrogen-bond acceptors (Lipinski definition) is 0. The van der Waals surface area contributed by atoms with Gasteiger partial charge in [0.25, 0.3) is 0 Å². The Morgan fingerprint density at radius 1 is 0.400 bits per heavy atom. The van der Waals surface area contributed by atoms with Crippen LogP contribution in [0.3, 0.4) is 0 Å². The van der Waals surface area contributed by atoms with E-state index in [0.29, 0.717) is 0 Å². The summed E-state index contributed by atoms with van der Waals surface area (Å²) in [5.74, 6) is 0. The molecule has 10 rings (SSSR count). The molecular weight excluding hydrogens is 783 g/mol. The van der Waals surface area contributed by atoms with E-state index in [4.69, 9.17) is 0 Å². The van der Waals surface area contributed by atoms with E-state index in [0.717, 1.165) is 6.54 Å². The molecule has 0 saturated carbocycles. The van der Waals surface area contributed by atoms with E-state index in [9.17, 15) is 0 Å². The van der Waals surface area contributed by atoms with Gasteiger partial charge in [-0.3, -0.25) is 0 Å². The SMILES string of the molecule is C/C=C(/C)c1ccc2c(-c3ccc(-c4ccc(-c5ccccc5)cc4)cc3)c3cc(C(C)(C)C)ccc3c(-c3ccc(-c4ccc5c(c4)c4cc(C(C)(C)C)ccc4n5CC)cc3)c2c1. The summed E-state index contributed by atoms with van der Waals surface area (Å²) in [7, 11) is 0. The fourth-order valence-corrected chi connectivity index (χ4v) is 9.96. The van der Waals surface area contributed by atoms with Crippen molar-refractivity contribution < 1.29 is 0 Å². The zero-order valence-electron chi connectivity index (χ0n) is 39.5. The van der Waals surface area contributed by atoms with Crippen LogP contribution >= 0.6 is 0 Å². The van der Waals surface area contributed by atoms with Crippen LogP contribution in [0.15, 0.2) is 182 Å². The topological polar surface area (TPSA) is 4.93 Å². The Balaban J connectivity index is 1.12. The summed E-state index contributed by atoms with van der Waals surface area (Å²) >= 11 is 0. The monoisotopic (exact) mass is 841 g/mol. The first-order valence-electron chi connectivity index (χ1n) is 23.4. The Morgan fingerprint density at radius 2 is 0.800 bits per heavy atom. The van der Waals surface area contributed by atoms with Crippen molar-refractivity contribution in [2.45, 2.75) is 79.7 Å². The minimum absolute atomic E-state index is 0.0102. The van der Waals surface area contributed by atoms with E-state index in [2.05, 4.69) is 249 Å². The minimum atomic E-state index is -0.0102. The van der Waals surface area contributed by atoms with Crippen LogP contribution in [0.5, 0.6) is 0 Å². The van der Waals surface area contributed by atoms with Gasteiger partial charge in [-0.15, -0.1) is 0 Å². The van der Waals surface area contributed by atoms with Crippen molar-refractivity contribution in [1.29, 1.82) is 0 Å². The lowest BCUT2D eigenvalue weighted by molar-refractivity contribution is 0.591. The number of nitrogens with zero attached hydrogens (tertiary/aromatic N) is 1. The predicted octanol–water partition coefficient (Wildman–Crippen LogP) is 18.5. The molecule has 0 aliphatic carbocycles. The van der Waals surface area contributed by atoms with Gasteiger partial charge in [-0.25, -0.2) is 0 Å². The molecule has 0 spiro atoms. The molecule has 320 valence electrons. The second-order valence-corrected chi connectivity index (χ2v) is 20.0. The van der Waals surface area contributed by atoms with Gasteiger partial charge in [-0.1, -0.05) is 187 Å². The summed E-state index contributed by atoms with van der Waals surface area (Å²) in [6, 6.07) is 66.6. The fraction of sp³-hybridized carbons (Fsp3) is 0.188. The van der Waals surface area contributed by atoms with Crippen molar-refractivity contribution >= 4 is 48.9 Å². The van der Waals surface area contributed by atoms with Crippen LogP contribution in [0, 0.1) is 0 Å². The van der Waals surface area contributed by atoms with Crippen molar-refractivity contribution in [2.75, 3.05) is 0 Å². The fourth-order valence-electron chi connectivity index (χ4n) is 9.96. The van der Waals surface area contributed by atoms with E-state index in [1.807, 2.05) is 0 Å². The van der Waals surface area contributed by atoms with Gasteiger partial charge < -0.3 is 4.57 Å². The van der Waals surface area contributed by atoms with Gasteiger partial charge >= 0.3 is 0 Å². The van der Waals surface area contributed by atoms with Crippen LogP contribution in [0.1, 0.15) is 79.0 Å². The van der Waals surface area contributed by atoms with E-state index in [1.165, 1.54) is 121 Å². The summed E-state index contributed by atoms with van der Waals surface area (Å²) in [6.07, 6.45) is 2.22. The quantitative estimate of drug-likeness (QED) is 0.141. The first-order chi connectivity index (χ1) is 31.3.